The molecule has 0 spiro atoms. The normalized spacial score (nSPS) is 22.1. The van der Waals surface area contributed by atoms with Crippen LogP contribution in [0.15, 0.2) is 11.4 Å². The van der Waals surface area contributed by atoms with Crippen molar-refractivity contribution >= 4 is 17.3 Å². The van der Waals surface area contributed by atoms with E-state index in [1.54, 1.807) is 11.3 Å². The topological polar surface area (TPSA) is 58.6 Å². The number of hydrogen-bond acceptors (Lipinski definition) is 5. The highest BCUT2D eigenvalue weighted by atomic mass is 32.1. The van der Waals surface area contributed by atoms with Crippen molar-refractivity contribution < 1.29 is 14.6 Å². The Balaban J connectivity index is 1.98. The van der Waals surface area contributed by atoms with E-state index in [0.29, 0.717) is 0 Å². The fourth-order valence-corrected chi connectivity index (χ4v) is 3.30. The molecule has 0 saturated carbocycles. The monoisotopic (exact) mass is 269 g/mol. The molecular formula is C13H19NO3S. The molecule has 100 valence electrons. The SMILES string of the molecule is COC(=O)C(C)(O)CNC1CCCc2sccc21. The van der Waals surface area contributed by atoms with Gasteiger partial charge in [-0.2, -0.15) is 0 Å². The number of esters is 1. The Morgan fingerprint density at radius 3 is 3.22 bits per heavy atom. The summed E-state index contributed by atoms with van der Waals surface area (Å²) in [6, 6.07) is 2.36. The molecule has 2 N–H and O–H groups in total. The molecule has 4 nitrogen and oxygen atoms in total. The molecule has 1 aliphatic rings. The zero-order chi connectivity index (χ0) is 13.2. The first kappa shape index (κ1) is 13.5. The zero-order valence-electron chi connectivity index (χ0n) is 10.7. The molecule has 5 heteroatoms. The first-order valence-corrected chi connectivity index (χ1v) is 7.03. The maximum Gasteiger partial charge on any atom is 0.338 e. The van der Waals surface area contributed by atoms with Crippen LogP contribution < -0.4 is 5.32 Å². The van der Waals surface area contributed by atoms with Crippen LogP contribution >= 0.6 is 11.3 Å². The highest BCUT2D eigenvalue weighted by Crippen LogP contribution is 2.33. The number of methoxy groups -OCH3 is 1. The van der Waals surface area contributed by atoms with Crippen LogP contribution in [0.5, 0.6) is 0 Å². The second-order valence-electron chi connectivity index (χ2n) is 4.89. The molecule has 0 aromatic carbocycles. The van der Waals surface area contributed by atoms with Gasteiger partial charge in [-0.25, -0.2) is 4.79 Å². The van der Waals surface area contributed by atoms with Crippen molar-refractivity contribution in [1.29, 1.82) is 0 Å². The van der Waals surface area contributed by atoms with Crippen LogP contribution in [0.2, 0.25) is 0 Å². The van der Waals surface area contributed by atoms with Gasteiger partial charge in [-0.3, -0.25) is 0 Å². The third-order valence-electron chi connectivity index (χ3n) is 3.37. The van der Waals surface area contributed by atoms with Crippen LogP contribution in [0.4, 0.5) is 0 Å². The fourth-order valence-electron chi connectivity index (χ4n) is 2.31. The summed E-state index contributed by atoms with van der Waals surface area (Å²) in [5.74, 6) is -0.601. The van der Waals surface area contributed by atoms with Gasteiger partial charge in [-0.15, -0.1) is 11.3 Å². The lowest BCUT2D eigenvalue weighted by Crippen LogP contribution is -2.46. The minimum atomic E-state index is -1.47. The van der Waals surface area contributed by atoms with Crippen LogP contribution in [0.3, 0.4) is 0 Å². The predicted molar refractivity (Wildman–Crippen MR) is 70.6 cm³/mol. The van der Waals surface area contributed by atoms with E-state index in [1.165, 1.54) is 24.5 Å². The molecule has 2 unspecified atom stereocenters. The van der Waals surface area contributed by atoms with Gasteiger partial charge in [0.2, 0.25) is 0 Å². The van der Waals surface area contributed by atoms with Crippen LogP contribution in [0, 0.1) is 0 Å². The van der Waals surface area contributed by atoms with E-state index in [2.05, 4.69) is 21.5 Å². The molecule has 2 rings (SSSR count). The average molecular weight is 269 g/mol. The quantitative estimate of drug-likeness (QED) is 0.816. The summed E-state index contributed by atoms with van der Waals surface area (Å²) < 4.78 is 4.58. The molecule has 1 aromatic heterocycles. The number of carbonyl (C=O) groups is 1. The summed E-state index contributed by atoms with van der Waals surface area (Å²) in [4.78, 5) is 12.8. The first-order chi connectivity index (χ1) is 8.54. The van der Waals surface area contributed by atoms with Crippen molar-refractivity contribution in [3.63, 3.8) is 0 Å². The van der Waals surface area contributed by atoms with Crippen LogP contribution in [-0.4, -0.2) is 30.3 Å². The van der Waals surface area contributed by atoms with E-state index in [9.17, 15) is 9.90 Å². The molecule has 18 heavy (non-hydrogen) atoms. The average Bonchev–Trinajstić information content (AvgIpc) is 2.84. The predicted octanol–water partition coefficient (Wildman–Crippen LogP) is 1.64. The number of thiophene rings is 1. The molecule has 0 fully saturated rings. The number of hydrogen-bond donors (Lipinski definition) is 2. The summed E-state index contributed by atoms with van der Waals surface area (Å²) in [5.41, 5.74) is -0.158. The number of aryl methyl sites for hydroxylation is 1. The van der Waals surface area contributed by atoms with Gasteiger partial charge < -0.3 is 15.2 Å². The second kappa shape index (κ2) is 5.38. The number of aliphatic hydroxyl groups is 1. The minimum absolute atomic E-state index is 0.208. The van der Waals surface area contributed by atoms with Crippen LogP contribution in [0.25, 0.3) is 0 Å². The van der Waals surface area contributed by atoms with Crippen LogP contribution in [-0.2, 0) is 16.0 Å². The Bertz CT molecular complexity index is 428. The summed E-state index contributed by atoms with van der Waals surface area (Å²) >= 11 is 1.78. The molecule has 0 amide bonds. The molecule has 1 aromatic rings. The number of rotatable bonds is 4. The van der Waals surface area contributed by atoms with E-state index in [1.807, 2.05) is 0 Å². The van der Waals surface area contributed by atoms with Gasteiger partial charge in [-0.1, -0.05) is 0 Å². The summed E-state index contributed by atoms with van der Waals surface area (Å²) in [5, 5.41) is 15.4. The van der Waals surface area contributed by atoms with E-state index in [-0.39, 0.29) is 12.6 Å². The Morgan fingerprint density at radius 1 is 1.72 bits per heavy atom. The lowest BCUT2D eigenvalue weighted by Gasteiger charge is -2.28. The Morgan fingerprint density at radius 2 is 2.50 bits per heavy atom. The highest BCUT2D eigenvalue weighted by Gasteiger charge is 2.32. The van der Waals surface area contributed by atoms with E-state index in [0.717, 1.165) is 19.3 Å². The van der Waals surface area contributed by atoms with Crippen molar-refractivity contribution in [3.05, 3.63) is 21.9 Å². The summed E-state index contributed by atoms with van der Waals surface area (Å²) in [7, 11) is 1.29. The largest absolute Gasteiger partial charge is 0.467 e. The van der Waals surface area contributed by atoms with Crippen molar-refractivity contribution in [3.8, 4) is 0 Å². The Kier molecular flexibility index (Phi) is 4.04. The van der Waals surface area contributed by atoms with Gasteiger partial charge in [-0.05, 0) is 43.2 Å². The first-order valence-electron chi connectivity index (χ1n) is 6.15. The maximum absolute atomic E-state index is 11.4. The van der Waals surface area contributed by atoms with Crippen molar-refractivity contribution in [2.45, 2.75) is 37.8 Å². The van der Waals surface area contributed by atoms with E-state index < -0.39 is 11.6 Å². The fraction of sp³-hybridized carbons (Fsp3) is 0.615. The van der Waals surface area contributed by atoms with Gasteiger partial charge >= 0.3 is 5.97 Å². The molecule has 0 saturated heterocycles. The van der Waals surface area contributed by atoms with Gasteiger partial charge in [0.05, 0.1) is 7.11 Å². The number of fused-ring (bicyclic) bond motifs is 1. The van der Waals surface area contributed by atoms with Gasteiger partial charge in [0.25, 0.3) is 0 Å². The van der Waals surface area contributed by atoms with Crippen molar-refractivity contribution in [2.75, 3.05) is 13.7 Å². The van der Waals surface area contributed by atoms with Gasteiger partial charge in [0.1, 0.15) is 0 Å². The number of nitrogens with one attached hydrogen (secondary N) is 1. The summed E-state index contributed by atoms with van der Waals surface area (Å²) in [6.07, 6.45) is 3.32. The number of ether oxygens (including phenoxy) is 1. The molecular weight excluding hydrogens is 250 g/mol. The zero-order valence-corrected chi connectivity index (χ0v) is 11.5. The summed E-state index contributed by atoms with van der Waals surface area (Å²) in [6.45, 7) is 1.68. The number of carbonyl (C=O) groups excluding carboxylic acids is 1. The smallest absolute Gasteiger partial charge is 0.338 e. The second-order valence-corrected chi connectivity index (χ2v) is 5.89. The lowest BCUT2D eigenvalue weighted by atomic mass is 9.93. The Hall–Kier alpha value is -0.910. The van der Waals surface area contributed by atoms with E-state index in [4.69, 9.17) is 0 Å². The van der Waals surface area contributed by atoms with Crippen molar-refractivity contribution in [2.24, 2.45) is 0 Å². The standard InChI is InChI=1S/C13H19NO3S/c1-13(16,12(15)17-2)8-14-10-4-3-5-11-9(10)6-7-18-11/h6-7,10,14,16H,3-5,8H2,1-2H3. The highest BCUT2D eigenvalue weighted by molar-refractivity contribution is 7.10. The van der Waals surface area contributed by atoms with Gasteiger partial charge in [0.15, 0.2) is 5.60 Å². The minimum Gasteiger partial charge on any atom is -0.467 e. The van der Waals surface area contributed by atoms with Gasteiger partial charge in [0, 0.05) is 17.5 Å². The molecule has 0 aliphatic heterocycles. The van der Waals surface area contributed by atoms with Crippen LogP contribution in [0.1, 0.15) is 36.2 Å². The van der Waals surface area contributed by atoms with Crippen molar-refractivity contribution in [1.82, 2.24) is 5.32 Å². The third-order valence-corrected chi connectivity index (χ3v) is 4.37. The van der Waals surface area contributed by atoms with E-state index >= 15 is 0 Å². The third kappa shape index (κ3) is 2.74. The Labute approximate surface area is 111 Å². The molecule has 0 bridgehead atoms. The molecule has 1 aliphatic carbocycles. The lowest BCUT2D eigenvalue weighted by molar-refractivity contribution is -0.160. The molecule has 2 atom stereocenters. The maximum atomic E-state index is 11.4. The molecule has 1 heterocycles. The molecule has 0 radical (unpaired) electrons.